The van der Waals surface area contributed by atoms with Gasteiger partial charge < -0.3 is 9.84 Å². The highest BCUT2D eigenvalue weighted by Gasteiger charge is 2.29. The Bertz CT molecular complexity index is 734. The number of ketones is 1. The summed E-state index contributed by atoms with van der Waals surface area (Å²) < 4.78 is 5.00. The lowest BCUT2D eigenvalue weighted by Crippen LogP contribution is -2.18. The van der Waals surface area contributed by atoms with Gasteiger partial charge in [0.15, 0.2) is 5.78 Å². The maximum absolute atomic E-state index is 12.5. The van der Waals surface area contributed by atoms with Gasteiger partial charge in [-0.05, 0) is 49.8 Å². The van der Waals surface area contributed by atoms with Crippen molar-refractivity contribution in [2.45, 2.75) is 71.3 Å². The van der Waals surface area contributed by atoms with E-state index in [2.05, 4.69) is 19.1 Å². The molecule has 0 radical (unpaired) electrons. The second-order valence-electron chi connectivity index (χ2n) is 8.02. The highest BCUT2D eigenvalue weighted by atomic mass is 16.5. The standard InChI is InChI=1S/C26H36O4/c1-3-5-6-13-23(27)17-15-21-16-18-25(28)24(21)19-22-11-8-7-10-20(22)12-9-14-26(29)30-4-2/h7-8,10-11,15-18,21,23-24,27H,3-6,9,12-14,19H2,1-2H3/b17-15+/t21-,23+,24-/m1/s1. The van der Waals surface area contributed by atoms with Crippen molar-refractivity contribution in [2.75, 3.05) is 6.61 Å². The molecule has 0 spiro atoms. The van der Waals surface area contributed by atoms with Crippen molar-refractivity contribution in [3.63, 3.8) is 0 Å². The zero-order valence-corrected chi connectivity index (χ0v) is 18.4. The van der Waals surface area contributed by atoms with Crippen molar-refractivity contribution in [1.29, 1.82) is 0 Å². The Labute approximate surface area is 181 Å². The third kappa shape index (κ3) is 7.91. The molecule has 0 saturated heterocycles. The molecule has 30 heavy (non-hydrogen) atoms. The summed E-state index contributed by atoms with van der Waals surface area (Å²) in [6.07, 6.45) is 13.7. The smallest absolute Gasteiger partial charge is 0.305 e. The summed E-state index contributed by atoms with van der Waals surface area (Å²) in [7, 11) is 0. The first-order valence-electron chi connectivity index (χ1n) is 11.4. The molecule has 4 nitrogen and oxygen atoms in total. The Morgan fingerprint density at radius 1 is 1.17 bits per heavy atom. The van der Waals surface area contributed by atoms with Crippen molar-refractivity contribution < 1.29 is 19.4 Å². The zero-order chi connectivity index (χ0) is 21.8. The molecule has 0 aromatic heterocycles. The second-order valence-corrected chi connectivity index (χ2v) is 8.02. The number of carbonyl (C=O) groups excluding carboxylic acids is 2. The topological polar surface area (TPSA) is 63.6 Å². The molecule has 0 unspecified atom stereocenters. The third-order valence-corrected chi connectivity index (χ3v) is 5.66. The van der Waals surface area contributed by atoms with Crippen LogP contribution in [0.2, 0.25) is 0 Å². The van der Waals surface area contributed by atoms with Crippen LogP contribution < -0.4 is 0 Å². The largest absolute Gasteiger partial charge is 0.466 e. The van der Waals surface area contributed by atoms with Crippen LogP contribution in [0.15, 0.2) is 48.6 Å². The second kappa shape index (κ2) is 13.2. The van der Waals surface area contributed by atoms with Crippen molar-refractivity contribution in [3.8, 4) is 0 Å². The van der Waals surface area contributed by atoms with Crippen LogP contribution in [0.1, 0.15) is 63.5 Å². The fourth-order valence-corrected chi connectivity index (χ4v) is 3.94. The minimum atomic E-state index is -0.448. The number of unbranched alkanes of at least 4 members (excludes halogenated alkanes) is 2. The van der Waals surface area contributed by atoms with Gasteiger partial charge in [0, 0.05) is 18.3 Å². The Kier molecular flexibility index (Phi) is 10.6. The lowest BCUT2D eigenvalue weighted by atomic mass is 9.85. The van der Waals surface area contributed by atoms with E-state index >= 15 is 0 Å². The van der Waals surface area contributed by atoms with E-state index in [1.54, 1.807) is 6.08 Å². The zero-order valence-electron chi connectivity index (χ0n) is 18.4. The van der Waals surface area contributed by atoms with Crippen LogP contribution in [0.25, 0.3) is 0 Å². The van der Waals surface area contributed by atoms with E-state index in [9.17, 15) is 14.7 Å². The van der Waals surface area contributed by atoms with Gasteiger partial charge in [0.05, 0.1) is 12.7 Å². The van der Waals surface area contributed by atoms with Gasteiger partial charge in [-0.2, -0.15) is 0 Å². The summed E-state index contributed by atoms with van der Waals surface area (Å²) >= 11 is 0. The molecule has 0 aliphatic heterocycles. The van der Waals surface area contributed by atoms with Gasteiger partial charge in [-0.3, -0.25) is 9.59 Å². The number of hydrogen-bond acceptors (Lipinski definition) is 4. The van der Waals surface area contributed by atoms with Crippen LogP contribution in [-0.4, -0.2) is 29.6 Å². The maximum atomic E-state index is 12.5. The Morgan fingerprint density at radius 2 is 1.93 bits per heavy atom. The summed E-state index contributed by atoms with van der Waals surface area (Å²) in [5.74, 6) is -0.125. The van der Waals surface area contributed by atoms with E-state index in [0.717, 1.165) is 44.1 Å². The molecule has 1 aromatic carbocycles. The van der Waals surface area contributed by atoms with Crippen LogP contribution in [0.3, 0.4) is 0 Å². The molecule has 1 aliphatic carbocycles. The Balaban J connectivity index is 1.96. The fraction of sp³-hybridized carbons (Fsp3) is 0.538. The van der Waals surface area contributed by atoms with Gasteiger partial charge in [-0.25, -0.2) is 0 Å². The first kappa shape index (κ1) is 24.1. The normalized spacial score (nSPS) is 19.5. The molecule has 0 amide bonds. The van der Waals surface area contributed by atoms with Crippen LogP contribution >= 0.6 is 0 Å². The maximum Gasteiger partial charge on any atom is 0.305 e. The quantitative estimate of drug-likeness (QED) is 0.282. The predicted octanol–water partition coefficient (Wildman–Crippen LogP) is 4.98. The number of aryl methyl sites for hydroxylation is 1. The SMILES string of the molecule is CCCCC[C@H](O)/C=C/[C@@H]1C=CC(=O)[C@@H]1Cc1ccccc1CCCC(=O)OCC. The molecule has 1 aliphatic rings. The number of aliphatic hydroxyl groups excluding tert-OH is 1. The Morgan fingerprint density at radius 3 is 2.67 bits per heavy atom. The molecule has 164 valence electrons. The first-order valence-corrected chi connectivity index (χ1v) is 11.4. The van der Waals surface area contributed by atoms with Crippen LogP contribution in [0.4, 0.5) is 0 Å². The minimum absolute atomic E-state index is 0.0194. The van der Waals surface area contributed by atoms with Gasteiger partial charge in [0.25, 0.3) is 0 Å². The molecular formula is C26H36O4. The van der Waals surface area contributed by atoms with Crippen molar-refractivity contribution in [3.05, 3.63) is 59.7 Å². The number of hydrogen-bond donors (Lipinski definition) is 1. The number of esters is 1. The van der Waals surface area contributed by atoms with Crippen LogP contribution in [-0.2, 0) is 27.2 Å². The monoisotopic (exact) mass is 412 g/mol. The number of carbonyl (C=O) groups is 2. The first-order chi connectivity index (χ1) is 14.5. The summed E-state index contributed by atoms with van der Waals surface area (Å²) in [6.45, 7) is 4.37. The lowest BCUT2D eigenvalue weighted by Gasteiger charge is -2.18. The number of rotatable bonds is 13. The molecule has 0 heterocycles. The molecular weight excluding hydrogens is 376 g/mol. The fourth-order valence-electron chi connectivity index (χ4n) is 3.94. The molecule has 0 bridgehead atoms. The summed E-state index contributed by atoms with van der Waals surface area (Å²) in [5.41, 5.74) is 2.34. The van der Waals surface area contributed by atoms with Crippen molar-refractivity contribution >= 4 is 11.8 Å². The van der Waals surface area contributed by atoms with Gasteiger partial charge in [-0.1, -0.05) is 68.7 Å². The summed E-state index contributed by atoms with van der Waals surface area (Å²) in [4.78, 5) is 24.1. The molecule has 2 rings (SSSR count). The van der Waals surface area contributed by atoms with Crippen molar-refractivity contribution in [1.82, 2.24) is 0 Å². The number of benzene rings is 1. The van der Waals surface area contributed by atoms with E-state index in [4.69, 9.17) is 4.74 Å². The van der Waals surface area contributed by atoms with Gasteiger partial charge >= 0.3 is 5.97 Å². The van der Waals surface area contributed by atoms with E-state index in [1.807, 2.05) is 37.3 Å². The average Bonchev–Trinajstić information content (AvgIpc) is 3.07. The highest BCUT2D eigenvalue weighted by Crippen LogP contribution is 2.29. The molecule has 1 aromatic rings. The summed E-state index contributed by atoms with van der Waals surface area (Å²) in [6, 6.07) is 8.16. The third-order valence-electron chi connectivity index (χ3n) is 5.66. The van der Waals surface area contributed by atoms with Crippen LogP contribution in [0, 0.1) is 11.8 Å². The van der Waals surface area contributed by atoms with E-state index in [-0.39, 0.29) is 23.6 Å². The number of aliphatic hydroxyl groups is 1. The molecule has 0 saturated carbocycles. The average molecular weight is 413 g/mol. The number of allylic oxidation sites excluding steroid dienone is 3. The summed E-state index contributed by atoms with van der Waals surface area (Å²) in [5, 5.41) is 10.2. The Hall–Kier alpha value is -2.20. The predicted molar refractivity (Wildman–Crippen MR) is 120 cm³/mol. The molecule has 1 N–H and O–H groups in total. The molecule has 4 heteroatoms. The van der Waals surface area contributed by atoms with Gasteiger partial charge in [0.2, 0.25) is 0 Å². The van der Waals surface area contributed by atoms with Gasteiger partial charge in [-0.15, -0.1) is 0 Å². The van der Waals surface area contributed by atoms with E-state index < -0.39 is 6.10 Å². The molecule has 3 atom stereocenters. The van der Waals surface area contributed by atoms with E-state index in [1.165, 1.54) is 5.56 Å². The minimum Gasteiger partial charge on any atom is -0.466 e. The highest BCUT2D eigenvalue weighted by molar-refractivity contribution is 5.95. The lowest BCUT2D eigenvalue weighted by molar-refractivity contribution is -0.143. The van der Waals surface area contributed by atoms with E-state index in [0.29, 0.717) is 19.4 Å². The van der Waals surface area contributed by atoms with Crippen molar-refractivity contribution in [2.24, 2.45) is 11.8 Å². The van der Waals surface area contributed by atoms with Crippen LogP contribution in [0.5, 0.6) is 0 Å². The van der Waals surface area contributed by atoms with Gasteiger partial charge in [0.1, 0.15) is 0 Å². The molecule has 0 fully saturated rings. The number of ether oxygens (including phenoxy) is 1.